The summed E-state index contributed by atoms with van der Waals surface area (Å²) in [6.45, 7) is 0.505. The first-order chi connectivity index (χ1) is 14.0. The summed E-state index contributed by atoms with van der Waals surface area (Å²) in [6, 6.07) is 3.47. The molecule has 0 unspecified atom stereocenters. The maximum absolute atomic E-state index is 12.6. The summed E-state index contributed by atoms with van der Waals surface area (Å²) in [6.07, 6.45) is 7.77. The van der Waals surface area contributed by atoms with Gasteiger partial charge in [-0.3, -0.25) is 14.6 Å². The molecule has 0 atom stereocenters. The number of imidazole rings is 1. The molecule has 1 N–H and O–H groups in total. The molecule has 0 radical (unpaired) electrons. The molecule has 0 bridgehead atoms. The van der Waals surface area contributed by atoms with E-state index >= 15 is 0 Å². The first kappa shape index (κ1) is 18.0. The van der Waals surface area contributed by atoms with Crippen LogP contribution in [0.3, 0.4) is 0 Å². The number of hydrogen-bond acceptors (Lipinski definition) is 6. The number of urea groups is 1. The summed E-state index contributed by atoms with van der Waals surface area (Å²) in [5, 5.41) is 3.22. The predicted molar refractivity (Wildman–Crippen MR) is 110 cm³/mol. The molecule has 29 heavy (non-hydrogen) atoms. The quantitative estimate of drug-likeness (QED) is 0.469. The number of nitrogens with one attached hydrogen (secondary N) is 1. The molecular formula is C19H18BrN7O2. The lowest BCUT2D eigenvalue weighted by atomic mass is 10.1. The van der Waals surface area contributed by atoms with Crippen molar-refractivity contribution in [1.82, 2.24) is 24.3 Å². The number of imide groups is 1. The molecule has 3 aromatic heterocycles. The van der Waals surface area contributed by atoms with E-state index in [2.05, 4.69) is 37.4 Å². The molecule has 1 aliphatic heterocycles. The van der Waals surface area contributed by atoms with E-state index in [0.717, 1.165) is 23.4 Å². The second-order valence-corrected chi connectivity index (χ2v) is 8.11. The molecule has 10 heteroatoms. The number of hydrogen-bond donors (Lipinski definition) is 1. The second-order valence-electron chi connectivity index (χ2n) is 7.30. The molecule has 148 valence electrons. The number of carbonyl (C=O) groups is 2. The van der Waals surface area contributed by atoms with Crippen molar-refractivity contribution in [3.63, 3.8) is 0 Å². The predicted octanol–water partition coefficient (Wildman–Crippen LogP) is 2.77. The van der Waals surface area contributed by atoms with E-state index in [1.54, 1.807) is 6.07 Å². The van der Waals surface area contributed by atoms with E-state index in [0.29, 0.717) is 34.2 Å². The fourth-order valence-electron chi connectivity index (χ4n) is 3.47. The normalized spacial score (nSPS) is 16.9. The summed E-state index contributed by atoms with van der Waals surface area (Å²) in [7, 11) is 1.51. The highest BCUT2D eigenvalue weighted by Gasteiger charge is 2.36. The number of halogens is 1. The van der Waals surface area contributed by atoms with Crippen LogP contribution in [0.4, 0.5) is 16.3 Å². The smallest absolute Gasteiger partial charge is 0.331 e. The number of rotatable bonds is 5. The van der Waals surface area contributed by atoms with Crippen LogP contribution in [0.5, 0.6) is 0 Å². The highest BCUT2D eigenvalue weighted by Crippen LogP contribution is 2.42. The van der Waals surface area contributed by atoms with Crippen molar-refractivity contribution in [3.05, 3.63) is 46.7 Å². The van der Waals surface area contributed by atoms with Crippen LogP contribution >= 0.6 is 15.9 Å². The van der Waals surface area contributed by atoms with Crippen molar-refractivity contribution in [2.75, 3.05) is 23.8 Å². The molecule has 0 aromatic carbocycles. The van der Waals surface area contributed by atoms with Crippen LogP contribution in [0, 0.1) is 0 Å². The zero-order valence-corrected chi connectivity index (χ0v) is 17.3. The van der Waals surface area contributed by atoms with Crippen molar-refractivity contribution in [3.8, 4) is 0 Å². The molecule has 3 aromatic rings. The highest BCUT2D eigenvalue weighted by molar-refractivity contribution is 9.10. The first-order valence-electron chi connectivity index (χ1n) is 9.30. The Labute approximate surface area is 174 Å². The molecule has 2 fully saturated rings. The summed E-state index contributed by atoms with van der Waals surface area (Å²) in [5.41, 5.74) is 3.30. The fourth-order valence-corrected chi connectivity index (χ4v) is 3.78. The van der Waals surface area contributed by atoms with Crippen LogP contribution in [0.2, 0.25) is 0 Å². The van der Waals surface area contributed by atoms with Crippen LogP contribution in [0.25, 0.3) is 5.65 Å². The van der Waals surface area contributed by atoms with Gasteiger partial charge in [0.15, 0.2) is 5.65 Å². The Hall–Kier alpha value is -3.01. The minimum absolute atomic E-state index is 0.0362. The van der Waals surface area contributed by atoms with Crippen molar-refractivity contribution >= 4 is 45.0 Å². The molecule has 2 aliphatic rings. The van der Waals surface area contributed by atoms with Crippen LogP contribution in [-0.4, -0.2) is 49.8 Å². The Morgan fingerprint density at radius 2 is 2.03 bits per heavy atom. The third-order valence-corrected chi connectivity index (χ3v) is 5.65. The Morgan fingerprint density at radius 3 is 2.72 bits per heavy atom. The number of likely N-dealkylation sites (N-methyl/N-ethyl adjacent to an activating group) is 1. The molecule has 1 saturated carbocycles. The molecular weight excluding hydrogens is 438 g/mol. The van der Waals surface area contributed by atoms with Crippen molar-refractivity contribution in [2.45, 2.75) is 25.3 Å². The van der Waals surface area contributed by atoms with Gasteiger partial charge < -0.3 is 9.72 Å². The number of aromatic nitrogens is 4. The average Bonchev–Trinajstić information content (AvgIpc) is 3.42. The van der Waals surface area contributed by atoms with E-state index < -0.39 is 0 Å². The number of anilines is 2. The number of pyridine rings is 1. The number of carbonyl (C=O) groups excluding carboxylic acids is 2. The number of amides is 3. The van der Waals surface area contributed by atoms with Gasteiger partial charge in [0, 0.05) is 25.5 Å². The molecule has 3 amide bonds. The number of fused-ring (bicyclic) bond motifs is 1. The number of nitrogens with zero attached hydrogens (tertiary/aromatic N) is 6. The van der Waals surface area contributed by atoms with Crippen LogP contribution in [-0.2, 0) is 11.3 Å². The fraction of sp³-hybridized carbons (Fsp3) is 0.316. The summed E-state index contributed by atoms with van der Waals surface area (Å²) < 4.78 is 2.65. The van der Waals surface area contributed by atoms with E-state index in [4.69, 9.17) is 4.98 Å². The van der Waals surface area contributed by atoms with Crippen LogP contribution in [0.15, 0.2) is 35.5 Å². The largest absolute Gasteiger partial charge is 0.364 e. The van der Waals surface area contributed by atoms with Gasteiger partial charge in [0.25, 0.3) is 0 Å². The zero-order valence-electron chi connectivity index (χ0n) is 15.7. The second kappa shape index (κ2) is 6.80. The van der Waals surface area contributed by atoms with Gasteiger partial charge in [0.1, 0.15) is 23.3 Å². The third kappa shape index (κ3) is 3.33. The lowest BCUT2D eigenvalue weighted by Gasteiger charge is -2.17. The van der Waals surface area contributed by atoms with E-state index in [1.165, 1.54) is 23.8 Å². The monoisotopic (exact) mass is 455 g/mol. The molecule has 0 spiro atoms. The SMILES string of the molecule is CN1C(=O)CN(c2cc(C3CC3)cn3cc(CNc4cc(Br)ncn4)nc23)C1=O. The first-order valence-corrected chi connectivity index (χ1v) is 10.1. The van der Waals surface area contributed by atoms with E-state index in [1.807, 2.05) is 16.7 Å². The Kier molecular flexibility index (Phi) is 4.23. The minimum atomic E-state index is -0.321. The van der Waals surface area contributed by atoms with Gasteiger partial charge in [-0.15, -0.1) is 0 Å². The van der Waals surface area contributed by atoms with Gasteiger partial charge in [-0.1, -0.05) is 0 Å². The third-order valence-electron chi connectivity index (χ3n) is 5.21. The molecule has 5 rings (SSSR count). The van der Waals surface area contributed by atoms with Crippen molar-refractivity contribution < 1.29 is 9.59 Å². The summed E-state index contributed by atoms with van der Waals surface area (Å²) in [4.78, 5) is 40.2. The van der Waals surface area contributed by atoms with Gasteiger partial charge >= 0.3 is 6.03 Å². The van der Waals surface area contributed by atoms with Crippen LogP contribution in [0.1, 0.15) is 30.0 Å². The van der Waals surface area contributed by atoms with Gasteiger partial charge in [0.2, 0.25) is 5.91 Å². The zero-order chi connectivity index (χ0) is 20.1. The molecule has 4 heterocycles. The lowest BCUT2D eigenvalue weighted by molar-refractivity contribution is -0.123. The van der Waals surface area contributed by atoms with Crippen molar-refractivity contribution in [1.29, 1.82) is 0 Å². The van der Waals surface area contributed by atoms with E-state index in [-0.39, 0.29) is 18.5 Å². The Morgan fingerprint density at radius 1 is 1.21 bits per heavy atom. The van der Waals surface area contributed by atoms with Crippen molar-refractivity contribution in [2.24, 2.45) is 0 Å². The van der Waals surface area contributed by atoms with Gasteiger partial charge in [-0.2, -0.15) is 0 Å². The summed E-state index contributed by atoms with van der Waals surface area (Å²) >= 11 is 3.33. The van der Waals surface area contributed by atoms with E-state index in [9.17, 15) is 9.59 Å². The van der Waals surface area contributed by atoms with Gasteiger partial charge in [0.05, 0.1) is 17.9 Å². The van der Waals surface area contributed by atoms with Crippen LogP contribution < -0.4 is 10.2 Å². The lowest BCUT2D eigenvalue weighted by Crippen LogP contribution is -2.30. The Bertz CT molecular complexity index is 1140. The van der Waals surface area contributed by atoms with Gasteiger partial charge in [-0.05, 0) is 46.3 Å². The topological polar surface area (TPSA) is 95.7 Å². The minimum Gasteiger partial charge on any atom is -0.364 e. The molecule has 9 nitrogen and oxygen atoms in total. The molecule has 1 aliphatic carbocycles. The van der Waals surface area contributed by atoms with Gasteiger partial charge in [-0.25, -0.2) is 19.7 Å². The Balaban J connectivity index is 1.50. The molecule has 1 saturated heterocycles. The maximum atomic E-state index is 12.6. The average molecular weight is 456 g/mol. The standard InChI is InChI=1S/C19H18BrN7O2/c1-25-17(28)9-27(19(25)29)14-4-12(11-2-3-11)7-26-8-13(24-18(14)26)6-21-16-5-15(20)22-10-23-16/h4-5,7-8,10-11H,2-3,6,9H2,1H3,(H,21,22,23). The summed E-state index contributed by atoms with van der Waals surface area (Å²) in [5.74, 6) is 0.976. The maximum Gasteiger partial charge on any atom is 0.331 e. The highest BCUT2D eigenvalue weighted by atomic mass is 79.9.